The predicted molar refractivity (Wildman–Crippen MR) is 82.8 cm³/mol. The lowest BCUT2D eigenvalue weighted by Gasteiger charge is -2.28. The van der Waals surface area contributed by atoms with Crippen LogP contribution in [-0.2, 0) is 11.3 Å². The number of hydrogen-bond donors (Lipinski definition) is 2. The summed E-state index contributed by atoms with van der Waals surface area (Å²) >= 11 is 0. The first kappa shape index (κ1) is 14.1. The minimum atomic E-state index is -0.654. The van der Waals surface area contributed by atoms with Crippen molar-refractivity contribution in [2.75, 3.05) is 0 Å². The average Bonchev–Trinajstić information content (AvgIpc) is 3.18. The molecule has 112 valence electrons. The summed E-state index contributed by atoms with van der Waals surface area (Å²) in [5.74, 6) is 0.686. The van der Waals surface area contributed by atoms with Crippen LogP contribution in [-0.4, -0.2) is 27.0 Å². The number of nitrogens with one attached hydrogen (secondary N) is 1. The Bertz CT molecular complexity index is 674. The summed E-state index contributed by atoms with van der Waals surface area (Å²) in [4.78, 5) is 16.4. The highest BCUT2D eigenvalue weighted by atomic mass is 16.1. The third-order valence-electron chi connectivity index (χ3n) is 4.32. The fraction of sp³-hybridized carbons (Fsp3) is 0.500. The average molecular weight is 286 g/mol. The number of fused-ring (bicyclic) bond motifs is 1. The monoisotopic (exact) mass is 286 g/mol. The highest BCUT2D eigenvalue weighted by Gasteiger charge is 2.36. The quantitative estimate of drug-likeness (QED) is 0.849. The molecule has 1 aromatic heterocycles. The van der Waals surface area contributed by atoms with Crippen LogP contribution in [0.3, 0.4) is 0 Å². The number of primary amides is 1. The van der Waals surface area contributed by atoms with Gasteiger partial charge in [-0.3, -0.25) is 4.79 Å². The second kappa shape index (κ2) is 5.15. The number of nitrogens with two attached hydrogens (primary N) is 1. The van der Waals surface area contributed by atoms with Crippen molar-refractivity contribution in [1.82, 2.24) is 14.9 Å². The van der Waals surface area contributed by atoms with E-state index in [0.29, 0.717) is 12.5 Å². The Kier molecular flexibility index (Phi) is 3.45. The summed E-state index contributed by atoms with van der Waals surface area (Å²) < 4.78 is 2.16. The molecule has 3 N–H and O–H groups in total. The van der Waals surface area contributed by atoms with Gasteiger partial charge in [0.15, 0.2) is 0 Å². The van der Waals surface area contributed by atoms with Gasteiger partial charge in [0.25, 0.3) is 0 Å². The number of amides is 1. The normalized spacial score (nSPS) is 17.8. The molecular formula is C16H22N4O. The molecule has 0 bridgehead atoms. The van der Waals surface area contributed by atoms with Crippen molar-refractivity contribution in [3.63, 3.8) is 0 Å². The molecule has 3 rings (SSSR count). The van der Waals surface area contributed by atoms with Crippen molar-refractivity contribution in [3.8, 4) is 0 Å². The number of rotatable bonds is 6. The van der Waals surface area contributed by atoms with E-state index in [9.17, 15) is 4.79 Å². The van der Waals surface area contributed by atoms with E-state index in [4.69, 9.17) is 5.73 Å². The lowest BCUT2D eigenvalue weighted by molar-refractivity contribution is -0.124. The fourth-order valence-electron chi connectivity index (χ4n) is 2.76. The minimum absolute atomic E-state index is 0.281. The predicted octanol–water partition coefficient (Wildman–Crippen LogP) is 1.73. The van der Waals surface area contributed by atoms with Gasteiger partial charge in [-0.15, -0.1) is 0 Å². The van der Waals surface area contributed by atoms with Crippen LogP contribution in [0.5, 0.6) is 0 Å². The van der Waals surface area contributed by atoms with Crippen LogP contribution < -0.4 is 11.1 Å². The van der Waals surface area contributed by atoms with Crippen LogP contribution in [0.15, 0.2) is 24.3 Å². The zero-order chi connectivity index (χ0) is 15.0. The van der Waals surface area contributed by atoms with Gasteiger partial charge in [0.2, 0.25) is 5.91 Å². The van der Waals surface area contributed by atoms with Gasteiger partial charge >= 0.3 is 0 Å². The number of carbonyl (C=O) groups is 1. The van der Waals surface area contributed by atoms with Gasteiger partial charge in [0, 0.05) is 12.6 Å². The van der Waals surface area contributed by atoms with E-state index in [0.717, 1.165) is 36.2 Å². The highest BCUT2D eigenvalue weighted by molar-refractivity contribution is 5.84. The maximum atomic E-state index is 11.8. The van der Waals surface area contributed by atoms with Crippen molar-refractivity contribution in [3.05, 3.63) is 30.1 Å². The second-order valence-electron chi connectivity index (χ2n) is 6.16. The van der Waals surface area contributed by atoms with Gasteiger partial charge < -0.3 is 15.6 Å². The molecule has 1 saturated carbocycles. The van der Waals surface area contributed by atoms with Crippen molar-refractivity contribution < 1.29 is 4.79 Å². The molecule has 1 unspecified atom stereocenters. The number of benzene rings is 1. The van der Waals surface area contributed by atoms with Gasteiger partial charge in [0.05, 0.1) is 16.6 Å². The number of carbonyl (C=O) groups excluding carboxylic acids is 1. The van der Waals surface area contributed by atoms with E-state index >= 15 is 0 Å². The van der Waals surface area contributed by atoms with E-state index in [-0.39, 0.29) is 5.91 Å². The maximum absolute atomic E-state index is 11.8. The molecule has 1 heterocycles. The van der Waals surface area contributed by atoms with Crippen LogP contribution in [0.4, 0.5) is 0 Å². The highest BCUT2D eigenvalue weighted by Crippen LogP contribution is 2.25. The second-order valence-corrected chi connectivity index (χ2v) is 6.16. The molecule has 1 aliphatic carbocycles. The van der Waals surface area contributed by atoms with E-state index in [2.05, 4.69) is 20.9 Å². The Morgan fingerprint density at radius 2 is 2.19 bits per heavy atom. The lowest BCUT2D eigenvalue weighted by atomic mass is 9.96. The standard InChI is InChI=1S/C16H22N4O/c1-11-18-13-5-3-4-6-14(13)20(11)10-9-16(2,15(17)21)19-12-7-8-12/h3-6,12,19H,7-10H2,1-2H3,(H2,17,21). The Hall–Kier alpha value is -1.88. The summed E-state index contributed by atoms with van der Waals surface area (Å²) in [7, 11) is 0. The third-order valence-corrected chi connectivity index (χ3v) is 4.32. The topological polar surface area (TPSA) is 72.9 Å². The van der Waals surface area contributed by atoms with Crippen molar-refractivity contribution in [1.29, 1.82) is 0 Å². The molecule has 0 aliphatic heterocycles. The Morgan fingerprint density at radius 1 is 1.48 bits per heavy atom. The molecule has 1 atom stereocenters. The van der Waals surface area contributed by atoms with Crippen molar-refractivity contribution in [2.24, 2.45) is 5.73 Å². The van der Waals surface area contributed by atoms with Gasteiger partial charge in [-0.25, -0.2) is 4.98 Å². The first-order valence-corrected chi connectivity index (χ1v) is 7.49. The lowest BCUT2D eigenvalue weighted by Crippen LogP contribution is -2.54. The molecule has 0 spiro atoms. The van der Waals surface area contributed by atoms with Crippen LogP contribution in [0, 0.1) is 6.92 Å². The zero-order valence-electron chi connectivity index (χ0n) is 12.6. The van der Waals surface area contributed by atoms with E-state index < -0.39 is 5.54 Å². The summed E-state index contributed by atoms with van der Waals surface area (Å²) in [5, 5.41) is 3.39. The summed E-state index contributed by atoms with van der Waals surface area (Å²) in [6.07, 6.45) is 2.94. The Labute approximate surface area is 124 Å². The van der Waals surface area contributed by atoms with Gasteiger partial charge in [-0.05, 0) is 45.2 Å². The summed E-state index contributed by atoms with van der Waals surface area (Å²) in [5.41, 5.74) is 7.05. The number of imidazole rings is 1. The molecule has 5 heteroatoms. The number of aryl methyl sites for hydroxylation is 2. The first-order valence-electron chi connectivity index (χ1n) is 7.49. The molecule has 21 heavy (non-hydrogen) atoms. The van der Waals surface area contributed by atoms with E-state index in [1.807, 2.05) is 32.0 Å². The van der Waals surface area contributed by atoms with Crippen molar-refractivity contribution in [2.45, 2.75) is 51.2 Å². The van der Waals surface area contributed by atoms with Crippen LogP contribution in [0.25, 0.3) is 11.0 Å². The maximum Gasteiger partial charge on any atom is 0.237 e. The van der Waals surface area contributed by atoms with Crippen LogP contribution in [0.1, 0.15) is 32.0 Å². The van der Waals surface area contributed by atoms with Crippen molar-refractivity contribution >= 4 is 16.9 Å². The molecule has 1 aliphatic rings. The summed E-state index contributed by atoms with van der Waals surface area (Å²) in [6.45, 7) is 4.63. The molecule has 0 radical (unpaired) electrons. The SMILES string of the molecule is Cc1nc2ccccc2n1CCC(C)(NC1CC1)C(N)=O. The summed E-state index contributed by atoms with van der Waals surface area (Å²) in [6, 6.07) is 8.51. The molecule has 2 aromatic rings. The molecule has 1 amide bonds. The number of hydrogen-bond acceptors (Lipinski definition) is 3. The first-order chi connectivity index (χ1) is 9.99. The van der Waals surface area contributed by atoms with Crippen LogP contribution >= 0.6 is 0 Å². The minimum Gasteiger partial charge on any atom is -0.368 e. The Morgan fingerprint density at radius 3 is 2.86 bits per heavy atom. The van der Waals surface area contributed by atoms with E-state index in [1.54, 1.807) is 0 Å². The van der Waals surface area contributed by atoms with Gasteiger partial charge in [-0.2, -0.15) is 0 Å². The van der Waals surface area contributed by atoms with Crippen LogP contribution in [0.2, 0.25) is 0 Å². The third kappa shape index (κ3) is 2.78. The molecule has 0 saturated heterocycles. The van der Waals surface area contributed by atoms with Gasteiger partial charge in [0.1, 0.15) is 5.82 Å². The Balaban J connectivity index is 1.81. The molecule has 1 fully saturated rings. The number of aromatic nitrogens is 2. The number of nitrogens with zero attached hydrogens (tertiary/aromatic N) is 2. The molecular weight excluding hydrogens is 264 g/mol. The fourth-order valence-corrected chi connectivity index (χ4v) is 2.76. The van der Waals surface area contributed by atoms with Gasteiger partial charge in [-0.1, -0.05) is 12.1 Å². The molecule has 5 nitrogen and oxygen atoms in total. The number of para-hydroxylation sites is 2. The zero-order valence-corrected chi connectivity index (χ0v) is 12.6. The smallest absolute Gasteiger partial charge is 0.237 e. The molecule has 1 aromatic carbocycles. The largest absolute Gasteiger partial charge is 0.368 e. The van der Waals surface area contributed by atoms with E-state index in [1.165, 1.54) is 0 Å².